The lowest BCUT2D eigenvalue weighted by Crippen LogP contribution is -2.24. The predicted molar refractivity (Wildman–Crippen MR) is 131 cm³/mol. The van der Waals surface area contributed by atoms with Crippen molar-refractivity contribution in [1.29, 1.82) is 0 Å². The van der Waals surface area contributed by atoms with Crippen molar-refractivity contribution in [2.45, 2.75) is 5.16 Å². The molecule has 0 spiro atoms. The molecule has 0 saturated carbocycles. The van der Waals surface area contributed by atoms with Gasteiger partial charge in [0.2, 0.25) is 0 Å². The van der Waals surface area contributed by atoms with Crippen molar-refractivity contribution < 1.29 is 15.0 Å². The molecular formula is C23H17BrN4O4S. The van der Waals surface area contributed by atoms with Crippen LogP contribution in [0.2, 0.25) is 0 Å². The van der Waals surface area contributed by atoms with E-state index in [-0.39, 0.29) is 22.8 Å². The number of thioether (sulfide) groups is 1. The summed E-state index contributed by atoms with van der Waals surface area (Å²) in [6, 6.07) is 18.3. The standard InChI is InChI=1S/C23H17BrN4O4S/c24-15-6-8-16(9-7-15)28-22(32)18-3-1-2-4-19(18)26-23(28)33-13-21(31)27-25-12-14-5-10-17(29)11-20(14)30/h1-12,29-30H,13H2,(H,27,31). The molecule has 0 atom stereocenters. The molecule has 0 aliphatic carbocycles. The maximum atomic E-state index is 13.2. The highest BCUT2D eigenvalue weighted by Gasteiger charge is 2.14. The molecule has 10 heteroatoms. The van der Waals surface area contributed by atoms with Gasteiger partial charge in [0.25, 0.3) is 11.5 Å². The first-order chi connectivity index (χ1) is 15.9. The van der Waals surface area contributed by atoms with Crippen LogP contribution in [0.1, 0.15) is 5.56 Å². The summed E-state index contributed by atoms with van der Waals surface area (Å²) in [5.41, 5.74) is 3.65. The third-order valence-electron chi connectivity index (χ3n) is 4.57. The van der Waals surface area contributed by atoms with Crippen molar-refractivity contribution in [1.82, 2.24) is 15.0 Å². The van der Waals surface area contributed by atoms with Gasteiger partial charge in [0, 0.05) is 16.1 Å². The summed E-state index contributed by atoms with van der Waals surface area (Å²) in [5.74, 6) is -0.703. The summed E-state index contributed by atoms with van der Waals surface area (Å²) in [4.78, 5) is 30.1. The smallest absolute Gasteiger partial charge is 0.266 e. The zero-order valence-electron chi connectivity index (χ0n) is 17.0. The number of hydrazone groups is 1. The topological polar surface area (TPSA) is 117 Å². The average molecular weight is 525 g/mol. The molecule has 0 aliphatic heterocycles. The Morgan fingerprint density at radius 2 is 1.88 bits per heavy atom. The molecule has 0 radical (unpaired) electrons. The monoisotopic (exact) mass is 524 g/mol. The number of carbonyl (C=O) groups is 1. The van der Waals surface area contributed by atoms with Crippen molar-refractivity contribution in [2.24, 2.45) is 5.10 Å². The number of fused-ring (bicyclic) bond motifs is 1. The first kappa shape index (κ1) is 22.6. The van der Waals surface area contributed by atoms with Crippen LogP contribution in [0.25, 0.3) is 16.6 Å². The number of hydrogen-bond acceptors (Lipinski definition) is 7. The molecule has 0 unspecified atom stereocenters. The lowest BCUT2D eigenvalue weighted by atomic mass is 10.2. The van der Waals surface area contributed by atoms with Gasteiger partial charge < -0.3 is 10.2 Å². The number of carbonyl (C=O) groups excluding carboxylic acids is 1. The van der Waals surface area contributed by atoms with Crippen molar-refractivity contribution in [3.05, 3.63) is 87.1 Å². The molecule has 1 amide bonds. The van der Waals surface area contributed by atoms with E-state index in [0.717, 1.165) is 16.2 Å². The Kier molecular flexibility index (Phi) is 6.76. The first-order valence-corrected chi connectivity index (χ1v) is 11.4. The summed E-state index contributed by atoms with van der Waals surface area (Å²) >= 11 is 4.50. The maximum Gasteiger partial charge on any atom is 0.266 e. The highest BCUT2D eigenvalue weighted by Crippen LogP contribution is 2.23. The van der Waals surface area contributed by atoms with Gasteiger partial charge >= 0.3 is 0 Å². The number of aromatic nitrogens is 2. The van der Waals surface area contributed by atoms with Crippen LogP contribution in [0.4, 0.5) is 0 Å². The number of rotatable bonds is 6. The van der Waals surface area contributed by atoms with Crippen molar-refractivity contribution in [2.75, 3.05) is 5.75 Å². The highest BCUT2D eigenvalue weighted by molar-refractivity contribution is 9.10. The first-order valence-electron chi connectivity index (χ1n) is 9.67. The number of aromatic hydroxyl groups is 2. The molecule has 33 heavy (non-hydrogen) atoms. The molecule has 0 saturated heterocycles. The summed E-state index contributed by atoms with van der Waals surface area (Å²) < 4.78 is 2.35. The SMILES string of the molecule is O=C(CSc1nc2ccccc2c(=O)n1-c1ccc(Br)cc1)NN=Cc1ccc(O)cc1O. The van der Waals surface area contributed by atoms with E-state index in [4.69, 9.17) is 0 Å². The normalized spacial score (nSPS) is 11.2. The maximum absolute atomic E-state index is 13.2. The van der Waals surface area contributed by atoms with Crippen LogP contribution in [0.5, 0.6) is 11.5 Å². The Labute approximate surface area is 200 Å². The number of hydrogen-bond donors (Lipinski definition) is 3. The number of phenolic OH excluding ortho intramolecular Hbond substituents is 2. The molecule has 4 aromatic rings. The largest absolute Gasteiger partial charge is 0.508 e. The molecule has 3 N–H and O–H groups in total. The van der Waals surface area contributed by atoms with Crippen LogP contribution in [0.15, 0.2) is 86.3 Å². The van der Waals surface area contributed by atoms with Gasteiger partial charge in [-0.2, -0.15) is 5.10 Å². The van der Waals surface area contributed by atoms with Crippen LogP contribution >= 0.6 is 27.7 Å². The average Bonchev–Trinajstić information content (AvgIpc) is 2.80. The zero-order valence-corrected chi connectivity index (χ0v) is 19.4. The molecule has 1 aromatic heterocycles. The van der Waals surface area contributed by atoms with Crippen LogP contribution < -0.4 is 11.0 Å². The Bertz CT molecular complexity index is 1420. The summed E-state index contributed by atoms with van der Waals surface area (Å²) in [5, 5.41) is 23.8. The number of para-hydroxylation sites is 1. The Morgan fingerprint density at radius 3 is 2.64 bits per heavy atom. The molecule has 4 rings (SSSR count). The predicted octanol–water partition coefficient (Wildman–Crippen LogP) is 3.80. The van der Waals surface area contributed by atoms with Gasteiger partial charge in [0.15, 0.2) is 5.16 Å². The molecule has 0 bridgehead atoms. The van der Waals surface area contributed by atoms with E-state index in [0.29, 0.717) is 27.3 Å². The summed E-state index contributed by atoms with van der Waals surface area (Å²) in [6.45, 7) is 0. The fraction of sp³-hybridized carbons (Fsp3) is 0.0435. The number of halogens is 1. The minimum absolute atomic E-state index is 0.0415. The number of benzene rings is 3. The molecular weight excluding hydrogens is 508 g/mol. The minimum Gasteiger partial charge on any atom is -0.508 e. The van der Waals surface area contributed by atoms with E-state index in [1.165, 1.54) is 29.0 Å². The van der Waals surface area contributed by atoms with Gasteiger partial charge in [0.05, 0.1) is 28.6 Å². The van der Waals surface area contributed by atoms with Crippen LogP contribution in [0.3, 0.4) is 0 Å². The van der Waals surface area contributed by atoms with E-state index >= 15 is 0 Å². The summed E-state index contributed by atoms with van der Waals surface area (Å²) in [6.07, 6.45) is 1.27. The molecule has 0 fully saturated rings. The van der Waals surface area contributed by atoms with Crippen LogP contribution in [0, 0.1) is 0 Å². The van der Waals surface area contributed by atoms with E-state index in [2.05, 4.69) is 31.4 Å². The molecule has 1 heterocycles. The van der Waals surface area contributed by atoms with Crippen molar-refractivity contribution in [3.8, 4) is 17.2 Å². The quantitative estimate of drug-likeness (QED) is 0.153. The van der Waals surface area contributed by atoms with E-state index in [1.54, 1.807) is 36.4 Å². The number of phenols is 2. The van der Waals surface area contributed by atoms with Crippen LogP contribution in [-0.4, -0.2) is 37.6 Å². The number of nitrogens with zero attached hydrogens (tertiary/aromatic N) is 3. The second-order valence-corrected chi connectivity index (χ2v) is 8.71. The fourth-order valence-corrected chi connectivity index (χ4v) is 4.07. The van der Waals surface area contributed by atoms with E-state index in [9.17, 15) is 19.8 Å². The van der Waals surface area contributed by atoms with Crippen molar-refractivity contribution >= 4 is 50.7 Å². The lowest BCUT2D eigenvalue weighted by molar-refractivity contribution is -0.118. The van der Waals surface area contributed by atoms with E-state index in [1.807, 2.05) is 12.1 Å². The highest BCUT2D eigenvalue weighted by atomic mass is 79.9. The van der Waals surface area contributed by atoms with E-state index < -0.39 is 5.91 Å². The van der Waals surface area contributed by atoms with Gasteiger partial charge in [0.1, 0.15) is 11.5 Å². The third-order valence-corrected chi connectivity index (χ3v) is 6.04. The van der Waals surface area contributed by atoms with Gasteiger partial charge in [-0.1, -0.05) is 39.8 Å². The molecule has 0 aliphatic rings. The Balaban J connectivity index is 1.55. The van der Waals surface area contributed by atoms with Gasteiger partial charge in [-0.15, -0.1) is 0 Å². The Morgan fingerprint density at radius 1 is 1.12 bits per heavy atom. The van der Waals surface area contributed by atoms with Crippen LogP contribution in [-0.2, 0) is 4.79 Å². The number of amides is 1. The second-order valence-electron chi connectivity index (χ2n) is 6.85. The molecule has 8 nitrogen and oxygen atoms in total. The molecule has 3 aromatic carbocycles. The summed E-state index contributed by atoms with van der Waals surface area (Å²) in [7, 11) is 0. The fourth-order valence-electron chi connectivity index (χ4n) is 3.00. The van der Waals surface area contributed by atoms with Gasteiger partial charge in [-0.05, 0) is 48.5 Å². The lowest BCUT2D eigenvalue weighted by Gasteiger charge is -2.13. The minimum atomic E-state index is -0.417. The molecule has 166 valence electrons. The third kappa shape index (κ3) is 5.24. The zero-order chi connectivity index (χ0) is 23.4. The van der Waals surface area contributed by atoms with Gasteiger partial charge in [-0.3, -0.25) is 14.2 Å². The number of nitrogens with one attached hydrogen (secondary N) is 1. The van der Waals surface area contributed by atoms with Gasteiger partial charge in [-0.25, -0.2) is 10.4 Å². The van der Waals surface area contributed by atoms with Crippen molar-refractivity contribution in [3.63, 3.8) is 0 Å². The Hall–Kier alpha value is -3.63. The second kappa shape index (κ2) is 9.88.